The fraction of sp³-hybridized carbons (Fsp3) is 0.320. The average molecular weight is 434 g/mol. The molecule has 32 heavy (non-hydrogen) atoms. The van der Waals surface area contributed by atoms with Crippen molar-refractivity contribution in [2.45, 2.75) is 26.3 Å². The fourth-order valence-corrected chi connectivity index (χ4v) is 3.31. The fourth-order valence-electron chi connectivity index (χ4n) is 3.31. The van der Waals surface area contributed by atoms with Crippen molar-refractivity contribution in [1.29, 1.82) is 0 Å². The van der Waals surface area contributed by atoms with E-state index >= 15 is 0 Å². The highest BCUT2D eigenvalue weighted by Gasteiger charge is 2.20. The van der Waals surface area contributed by atoms with Gasteiger partial charge in [-0.15, -0.1) is 0 Å². The van der Waals surface area contributed by atoms with Crippen molar-refractivity contribution < 1.29 is 19.1 Å². The van der Waals surface area contributed by atoms with Gasteiger partial charge in [-0.25, -0.2) is 0 Å². The van der Waals surface area contributed by atoms with Crippen molar-refractivity contribution in [3.8, 4) is 11.8 Å². The number of nitrogens with zero attached hydrogens (tertiary/aromatic N) is 1. The second-order valence-electron chi connectivity index (χ2n) is 7.35. The molecule has 0 aliphatic carbocycles. The molecule has 1 heterocycles. The molecule has 0 saturated carbocycles. The van der Waals surface area contributed by atoms with Crippen LogP contribution in [0.15, 0.2) is 48.5 Å². The van der Waals surface area contributed by atoms with Crippen molar-refractivity contribution >= 4 is 23.4 Å². The Labute approximate surface area is 188 Å². The number of carbonyl (C=O) groups excluding carboxylic acids is 3. The Kier molecular flexibility index (Phi) is 8.41. The highest BCUT2D eigenvalue weighted by molar-refractivity contribution is 5.95. The van der Waals surface area contributed by atoms with Crippen LogP contribution in [0.5, 0.6) is 0 Å². The summed E-state index contributed by atoms with van der Waals surface area (Å²) in [6.07, 6.45) is 0.378. The molecule has 2 N–H and O–H groups in total. The van der Waals surface area contributed by atoms with Crippen LogP contribution < -0.4 is 15.5 Å². The Morgan fingerprint density at radius 2 is 1.62 bits per heavy atom. The van der Waals surface area contributed by atoms with Gasteiger partial charge >= 0.3 is 0 Å². The normalized spacial score (nSPS) is 11.7. The van der Waals surface area contributed by atoms with Crippen molar-refractivity contribution in [3.05, 3.63) is 65.2 Å². The Morgan fingerprint density at radius 3 is 2.44 bits per heavy atom. The van der Waals surface area contributed by atoms with Gasteiger partial charge in [-0.05, 0) is 23.8 Å². The first-order valence-electron chi connectivity index (χ1n) is 10.6. The van der Waals surface area contributed by atoms with Gasteiger partial charge in [-0.1, -0.05) is 42.2 Å². The summed E-state index contributed by atoms with van der Waals surface area (Å²) < 4.78 is 5.31. The molecular formula is C25H27N3O4. The zero-order chi connectivity index (χ0) is 22.8. The van der Waals surface area contributed by atoms with Gasteiger partial charge in [0.05, 0.1) is 25.4 Å². The lowest BCUT2D eigenvalue weighted by Crippen LogP contribution is -2.35. The van der Waals surface area contributed by atoms with Crippen LogP contribution >= 0.6 is 0 Å². The third-order valence-corrected chi connectivity index (χ3v) is 4.93. The minimum absolute atomic E-state index is 0.0807. The lowest BCUT2D eigenvalue weighted by Gasteiger charge is -2.26. The summed E-state index contributed by atoms with van der Waals surface area (Å²) in [6, 6.07) is 15.4. The molecule has 0 fully saturated rings. The summed E-state index contributed by atoms with van der Waals surface area (Å²) in [5, 5.41) is 5.39. The Balaban J connectivity index is 1.52. The van der Waals surface area contributed by atoms with Crippen LogP contribution in [0.4, 0.5) is 5.69 Å². The lowest BCUT2D eigenvalue weighted by atomic mass is 10.0. The maximum Gasteiger partial charge on any atom is 0.229 e. The van der Waals surface area contributed by atoms with Gasteiger partial charge < -0.3 is 20.3 Å². The van der Waals surface area contributed by atoms with E-state index in [9.17, 15) is 14.4 Å². The molecule has 1 aliphatic heterocycles. The Hall–Kier alpha value is -3.63. The predicted octanol–water partition coefficient (Wildman–Crippen LogP) is 1.98. The number of rotatable bonds is 9. The Bertz CT molecular complexity index is 1040. The molecule has 1 aliphatic rings. The van der Waals surface area contributed by atoms with Gasteiger partial charge in [-0.3, -0.25) is 14.4 Å². The van der Waals surface area contributed by atoms with E-state index < -0.39 is 0 Å². The molecule has 7 heteroatoms. The number of benzene rings is 2. The molecule has 0 saturated heterocycles. The van der Waals surface area contributed by atoms with Gasteiger partial charge in [0, 0.05) is 44.0 Å². The van der Waals surface area contributed by atoms with Crippen LogP contribution in [0.2, 0.25) is 0 Å². The van der Waals surface area contributed by atoms with Gasteiger partial charge in [0.1, 0.15) is 0 Å². The quantitative estimate of drug-likeness (QED) is 0.468. The molecule has 0 radical (unpaired) electrons. The highest BCUT2D eigenvalue weighted by Crippen LogP contribution is 2.25. The third-order valence-electron chi connectivity index (χ3n) is 4.93. The minimum atomic E-state index is -0.179. The van der Waals surface area contributed by atoms with Crippen LogP contribution in [0.25, 0.3) is 0 Å². The highest BCUT2D eigenvalue weighted by atomic mass is 16.5. The summed E-state index contributed by atoms with van der Waals surface area (Å²) in [4.78, 5) is 37.6. The van der Waals surface area contributed by atoms with E-state index in [1.54, 1.807) is 4.90 Å². The standard InChI is InChI=1S/C25H27N3O4/c1-19(29)26-15-17-32-16-13-24(30)27-14-12-25(31)28-18-22-8-3-2-6-20(22)10-11-21-7-4-5-9-23(21)28/h2-9H,12-18H2,1H3,(H,26,29)(H,27,30). The number of hydrogen-bond donors (Lipinski definition) is 2. The van der Waals surface area contributed by atoms with Crippen molar-refractivity contribution in [1.82, 2.24) is 10.6 Å². The molecule has 0 unspecified atom stereocenters. The van der Waals surface area contributed by atoms with E-state index in [-0.39, 0.29) is 43.7 Å². The summed E-state index contributed by atoms with van der Waals surface area (Å²) in [7, 11) is 0. The summed E-state index contributed by atoms with van der Waals surface area (Å²) >= 11 is 0. The zero-order valence-corrected chi connectivity index (χ0v) is 18.1. The van der Waals surface area contributed by atoms with E-state index in [4.69, 9.17) is 4.74 Å². The second kappa shape index (κ2) is 11.7. The van der Waals surface area contributed by atoms with Crippen molar-refractivity contribution in [2.75, 3.05) is 31.2 Å². The van der Waals surface area contributed by atoms with E-state index in [0.29, 0.717) is 19.7 Å². The number of amides is 3. The topological polar surface area (TPSA) is 87.7 Å². The third kappa shape index (κ3) is 6.69. The lowest BCUT2D eigenvalue weighted by molar-refractivity contribution is -0.123. The van der Waals surface area contributed by atoms with Gasteiger partial charge in [0.25, 0.3) is 0 Å². The first-order valence-corrected chi connectivity index (χ1v) is 10.6. The van der Waals surface area contributed by atoms with Crippen LogP contribution in [0, 0.1) is 11.8 Å². The largest absolute Gasteiger partial charge is 0.379 e. The van der Waals surface area contributed by atoms with Gasteiger partial charge in [0.2, 0.25) is 17.7 Å². The molecular weight excluding hydrogens is 406 g/mol. The van der Waals surface area contributed by atoms with Crippen LogP contribution in [0.1, 0.15) is 36.5 Å². The molecule has 0 atom stereocenters. The molecule has 3 amide bonds. The van der Waals surface area contributed by atoms with Crippen molar-refractivity contribution in [2.24, 2.45) is 0 Å². The number of ether oxygens (including phenoxy) is 1. The van der Waals surface area contributed by atoms with Gasteiger partial charge in [-0.2, -0.15) is 0 Å². The van der Waals surface area contributed by atoms with E-state index in [0.717, 1.165) is 22.4 Å². The van der Waals surface area contributed by atoms with Crippen LogP contribution in [0.3, 0.4) is 0 Å². The molecule has 166 valence electrons. The monoisotopic (exact) mass is 433 g/mol. The molecule has 3 rings (SSSR count). The summed E-state index contributed by atoms with van der Waals surface area (Å²) in [5.74, 6) is 6.00. The first-order chi connectivity index (χ1) is 15.5. The summed E-state index contributed by atoms with van der Waals surface area (Å²) in [6.45, 7) is 3.13. The smallest absolute Gasteiger partial charge is 0.229 e. The van der Waals surface area contributed by atoms with Gasteiger partial charge in [0.15, 0.2) is 0 Å². The minimum Gasteiger partial charge on any atom is -0.379 e. The number of anilines is 1. The average Bonchev–Trinajstić information content (AvgIpc) is 2.77. The number of nitrogens with one attached hydrogen (secondary N) is 2. The van der Waals surface area contributed by atoms with E-state index in [1.165, 1.54) is 6.92 Å². The Morgan fingerprint density at radius 1 is 0.906 bits per heavy atom. The number of para-hydroxylation sites is 1. The van der Waals surface area contributed by atoms with Crippen LogP contribution in [-0.4, -0.2) is 44.0 Å². The predicted molar refractivity (Wildman–Crippen MR) is 122 cm³/mol. The van der Waals surface area contributed by atoms with Crippen molar-refractivity contribution in [3.63, 3.8) is 0 Å². The molecule has 7 nitrogen and oxygen atoms in total. The number of carbonyl (C=O) groups is 3. The first kappa shape index (κ1) is 23.0. The maximum absolute atomic E-state index is 13.1. The van der Waals surface area contributed by atoms with E-state index in [2.05, 4.69) is 22.5 Å². The zero-order valence-electron chi connectivity index (χ0n) is 18.1. The molecule has 2 aromatic rings. The molecule has 0 bridgehead atoms. The second-order valence-corrected chi connectivity index (χ2v) is 7.35. The maximum atomic E-state index is 13.1. The number of hydrogen-bond acceptors (Lipinski definition) is 4. The molecule has 0 spiro atoms. The molecule has 0 aromatic heterocycles. The van der Waals surface area contributed by atoms with Crippen LogP contribution in [-0.2, 0) is 25.7 Å². The summed E-state index contributed by atoms with van der Waals surface area (Å²) in [5.41, 5.74) is 3.48. The molecule has 2 aromatic carbocycles. The number of fused-ring (bicyclic) bond motifs is 2. The SMILES string of the molecule is CC(=O)NCCOCCC(=O)NCCC(=O)N1Cc2ccccc2C#Cc2ccccc21. The van der Waals surface area contributed by atoms with E-state index in [1.807, 2.05) is 48.5 Å².